The SMILES string of the molecule is COC(=O)c1ccc(S)s1. The second kappa shape index (κ2) is 3.07. The predicted octanol–water partition coefficient (Wildman–Crippen LogP) is 1.82. The Morgan fingerprint density at radius 1 is 1.70 bits per heavy atom. The van der Waals surface area contributed by atoms with E-state index in [1.165, 1.54) is 18.4 Å². The zero-order valence-corrected chi connectivity index (χ0v) is 7.04. The monoisotopic (exact) mass is 174 g/mol. The average molecular weight is 174 g/mol. The number of thiol groups is 1. The van der Waals surface area contributed by atoms with Crippen molar-refractivity contribution in [3.8, 4) is 0 Å². The first-order chi connectivity index (χ1) is 4.74. The molecule has 0 aromatic carbocycles. The largest absolute Gasteiger partial charge is 0.465 e. The van der Waals surface area contributed by atoms with Gasteiger partial charge in [-0.3, -0.25) is 0 Å². The van der Waals surface area contributed by atoms with Crippen molar-refractivity contribution in [3.05, 3.63) is 17.0 Å². The lowest BCUT2D eigenvalue weighted by Gasteiger charge is -1.90. The summed E-state index contributed by atoms with van der Waals surface area (Å²) >= 11 is 5.36. The number of hydrogen-bond acceptors (Lipinski definition) is 4. The second-order valence-corrected chi connectivity index (χ2v) is 3.50. The summed E-state index contributed by atoms with van der Waals surface area (Å²) in [5.74, 6) is -0.301. The third kappa shape index (κ3) is 1.52. The van der Waals surface area contributed by atoms with Crippen LogP contribution < -0.4 is 0 Å². The molecule has 4 heteroatoms. The highest BCUT2D eigenvalue weighted by atomic mass is 32.2. The maximum absolute atomic E-state index is 10.8. The van der Waals surface area contributed by atoms with Crippen molar-refractivity contribution < 1.29 is 9.53 Å². The summed E-state index contributed by atoms with van der Waals surface area (Å²) in [6, 6.07) is 3.46. The molecule has 0 atom stereocenters. The van der Waals surface area contributed by atoms with Gasteiger partial charge >= 0.3 is 5.97 Å². The summed E-state index contributed by atoms with van der Waals surface area (Å²) in [7, 11) is 1.36. The fourth-order valence-corrected chi connectivity index (χ4v) is 1.57. The number of carbonyl (C=O) groups is 1. The number of methoxy groups -OCH3 is 1. The van der Waals surface area contributed by atoms with Gasteiger partial charge in [0.2, 0.25) is 0 Å². The minimum Gasteiger partial charge on any atom is -0.465 e. The van der Waals surface area contributed by atoms with Gasteiger partial charge in [-0.15, -0.1) is 24.0 Å². The topological polar surface area (TPSA) is 26.3 Å². The van der Waals surface area contributed by atoms with Crippen molar-refractivity contribution in [3.63, 3.8) is 0 Å². The van der Waals surface area contributed by atoms with E-state index in [-0.39, 0.29) is 5.97 Å². The Labute approximate surface area is 68.2 Å². The van der Waals surface area contributed by atoms with Crippen molar-refractivity contribution in [1.29, 1.82) is 0 Å². The molecule has 10 heavy (non-hydrogen) atoms. The number of ether oxygens (including phenoxy) is 1. The van der Waals surface area contributed by atoms with Crippen LogP contribution in [0.25, 0.3) is 0 Å². The molecular weight excluding hydrogens is 168 g/mol. The van der Waals surface area contributed by atoms with Gasteiger partial charge in [0.15, 0.2) is 0 Å². The van der Waals surface area contributed by atoms with Crippen LogP contribution in [0.1, 0.15) is 9.67 Å². The van der Waals surface area contributed by atoms with Gasteiger partial charge in [-0.2, -0.15) is 0 Å². The summed E-state index contributed by atoms with van der Waals surface area (Å²) in [5, 5.41) is 0. The van der Waals surface area contributed by atoms with Crippen molar-refractivity contribution in [1.82, 2.24) is 0 Å². The van der Waals surface area contributed by atoms with E-state index in [1.54, 1.807) is 12.1 Å². The molecule has 2 nitrogen and oxygen atoms in total. The minimum atomic E-state index is -0.301. The number of carbonyl (C=O) groups excluding carboxylic acids is 1. The zero-order chi connectivity index (χ0) is 7.56. The third-order valence-electron chi connectivity index (χ3n) is 0.978. The molecule has 54 valence electrons. The summed E-state index contributed by atoms with van der Waals surface area (Å²) in [6.07, 6.45) is 0. The number of hydrogen-bond donors (Lipinski definition) is 1. The molecule has 0 radical (unpaired) electrons. The quantitative estimate of drug-likeness (QED) is 0.519. The second-order valence-electron chi connectivity index (χ2n) is 1.63. The summed E-state index contributed by atoms with van der Waals surface area (Å²) in [6.45, 7) is 0. The molecule has 0 saturated carbocycles. The highest BCUT2D eigenvalue weighted by Gasteiger charge is 2.06. The number of thiophene rings is 1. The van der Waals surface area contributed by atoms with E-state index < -0.39 is 0 Å². The van der Waals surface area contributed by atoms with Gasteiger partial charge in [-0.05, 0) is 12.1 Å². The maximum Gasteiger partial charge on any atom is 0.348 e. The molecule has 0 fully saturated rings. The summed E-state index contributed by atoms with van der Waals surface area (Å²) in [5.41, 5.74) is 0. The van der Waals surface area contributed by atoms with Crippen molar-refractivity contribution >= 4 is 29.9 Å². The number of rotatable bonds is 1. The van der Waals surface area contributed by atoms with Crippen molar-refractivity contribution in [2.45, 2.75) is 4.21 Å². The van der Waals surface area contributed by atoms with Gasteiger partial charge in [0, 0.05) is 0 Å². The molecule has 0 spiro atoms. The molecule has 0 N–H and O–H groups in total. The third-order valence-corrected chi connectivity index (χ3v) is 2.27. The van der Waals surface area contributed by atoms with Gasteiger partial charge in [0.1, 0.15) is 4.88 Å². The zero-order valence-electron chi connectivity index (χ0n) is 5.33. The van der Waals surface area contributed by atoms with Crippen LogP contribution in [0.15, 0.2) is 16.3 Å². The first-order valence-electron chi connectivity index (χ1n) is 2.61. The highest BCUT2D eigenvalue weighted by molar-refractivity contribution is 7.82. The van der Waals surface area contributed by atoms with Crippen LogP contribution in [0.3, 0.4) is 0 Å². The highest BCUT2D eigenvalue weighted by Crippen LogP contribution is 2.19. The van der Waals surface area contributed by atoms with Crippen molar-refractivity contribution in [2.24, 2.45) is 0 Å². The van der Waals surface area contributed by atoms with Crippen LogP contribution in [-0.4, -0.2) is 13.1 Å². The van der Waals surface area contributed by atoms with Crippen molar-refractivity contribution in [2.75, 3.05) is 7.11 Å². The van der Waals surface area contributed by atoms with E-state index in [1.807, 2.05) is 0 Å². The van der Waals surface area contributed by atoms with E-state index in [9.17, 15) is 4.79 Å². The van der Waals surface area contributed by atoms with Crippen LogP contribution in [-0.2, 0) is 4.74 Å². The fraction of sp³-hybridized carbons (Fsp3) is 0.167. The Kier molecular flexibility index (Phi) is 2.34. The van der Waals surface area contributed by atoms with Gasteiger partial charge in [-0.25, -0.2) is 4.79 Å². The summed E-state index contributed by atoms with van der Waals surface area (Å²) in [4.78, 5) is 11.4. The Hall–Kier alpha value is -0.480. The molecule has 1 aromatic heterocycles. The Morgan fingerprint density at radius 2 is 2.40 bits per heavy atom. The standard InChI is InChI=1S/C6H6O2S2/c1-8-6(7)4-2-3-5(9)10-4/h2-3,9H,1H3. The lowest BCUT2D eigenvalue weighted by molar-refractivity contribution is 0.0606. The Bertz CT molecular complexity index is 242. The minimum absolute atomic E-state index is 0.301. The molecule has 0 aliphatic carbocycles. The number of esters is 1. The molecule has 0 saturated heterocycles. The van der Waals surface area contributed by atoms with E-state index in [0.29, 0.717) is 4.88 Å². The lowest BCUT2D eigenvalue weighted by Crippen LogP contribution is -1.96. The first kappa shape index (κ1) is 7.63. The Morgan fingerprint density at radius 3 is 2.80 bits per heavy atom. The van der Waals surface area contributed by atoms with Gasteiger partial charge in [0.25, 0.3) is 0 Å². The summed E-state index contributed by atoms with van der Waals surface area (Å²) < 4.78 is 5.31. The van der Waals surface area contributed by atoms with Crippen LogP contribution in [0.4, 0.5) is 0 Å². The molecule has 0 aliphatic rings. The normalized spacial score (nSPS) is 9.40. The Balaban J connectivity index is 2.85. The van der Waals surface area contributed by atoms with Gasteiger partial charge in [-0.1, -0.05) is 0 Å². The predicted molar refractivity (Wildman–Crippen MR) is 42.9 cm³/mol. The molecule has 1 heterocycles. The van der Waals surface area contributed by atoms with E-state index in [2.05, 4.69) is 17.4 Å². The smallest absolute Gasteiger partial charge is 0.348 e. The lowest BCUT2D eigenvalue weighted by atomic mass is 10.5. The molecule has 1 aromatic rings. The molecule has 1 rings (SSSR count). The fourth-order valence-electron chi connectivity index (χ4n) is 0.538. The van der Waals surface area contributed by atoms with Crippen LogP contribution in [0.5, 0.6) is 0 Å². The van der Waals surface area contributed by atoms with E-state index in [4.69, 9.17) is 0 Å². The van der Waals surface area contributed by atoms with E-state index >= 15 is 0 Å². The maximum atomic E-state index is 10.8. The van der Waals surface area contributed by atoms with Crippen LogP contribution in [0, 0.1) is 0 Å². The van der Waals surface area contributed by atoms with E-state index in [0.717, 1.165) is 4.21 Å². The first-order valence-corrected chi connectivity index (χ1v) is 3.87. The van der Waals surface area contributed by atoms with Gasteiger partial charge < -0.3 is 4.74 Å². The molecular formula is C6H6O2S2. The molecule has 0 bridgehead atoms. The average Bonchev–Trinajstić information content (AvgIpc) is 2.34. The van der Waals surface area contributed by atoms with Crippen LogP contribution >= 0.6 is 24.0 Å². The molecule has 0 amide bonds. The molecule has 0 unspecified atom stereocenters. The van der Waals surface area contributed by atoms with Gasteiger partial charge in [0.05, 0.1) is 11.3 Å². The molecule has 0 aliphatic heterocycles. The van der Waals surface area contributed by atoms with Crippen LogP contribution in [0.2, 0.25) is 0 Å².